The summed E-state index contributed by atoms with van der Waals surface area (Å²) in [6.45, 7) is 1.44. The summed E-state index contributed by atoms with van der Waals surface area (Å²) in [5.74, 6) is 1.61. The smallest absolute Gasteiger partial charge is 0.182 e. The second-order valence-electron chi connectivity index (χ2n) is 5.07. The Morgan fingerprint density at radius 3 is 2.83 bits per heavy atom. The number of nitrogens with zero attached hydrogens (tertiary/aromatic N) is 4. The van der Waals surface area contributed by atoms with Crippen molar-refractivity contribution in [1.82, 2.24) is 24.9 Å². The van der Waals surface area contributed by atoms with E-state index in [0.717, 1.165) is 34.6 Å². The molecule has 0 unspecified atom stereocenters. The Hall–Kier alpha value is -3.22. The molecule has 0 spiro atoms. The number of rotatable bonds is 5. The van der Waals surface area contributed by atoms with Gasteiger partial charge in [-0.2, -0.15) is 0 Å². The van der Waals surface area contributed by atoms with Crippen LogP contribution in [0.4, 0.5) is 11.6 Å². The Kier molecular flexibility index (Phi) is 3.44. The highest BCUT2D eigenvalue weighted by atomic mass is 15.1. The molecule has 7 nitrogen and oxygen atoms in total. The summed E-state index contributed by atoms with van der Waals surface area (Å²) in [5, 5.41) is 7.71. The van der Waals surface area contributed by atoms with Gasteiger partial charge >= 0.3 is 0 Å². The fourth-order valence-corrected chi connectivity index (χ4v) is 2.44. The maximum Gasteiger partial charge on any atom is 0.182 e. The minimum atomic E-state index is 0.659. The third kappa shape index (κ3) is 2.76. The lowest BCUT2D eigenvalue weighted by molar-refractivity contribution is 1.04. The van der Waals surface area contributed by atoms with Crippen molar-refractivity contribution in [3.05, 3.63) is 49.1 Å². The summed E-state index contributed by atoms with van der Waals surface area (Å²) in [6.07, 6.45) is 3.12. The van der Waals surface area contributed by atoms with Gasteiger partial charge in [-0.25, -0.2) is 19.9 Å². The minimum absolute atomic E-state index is 0.659. The normalized spacial score (nSPS) is 11.0. The molecule has 3 heterocycles. The molecule has 0 fully saturated rings. The van der Waals surface area contributed by atoms with Gasteiger partial charge in [-0.1, -0.05) is 18.2 Å². The van der Waals surface area contributed by atoms with Crippen LogP contribution in [0.5, 0.6) is 0 Å². The van der Waals surface area contributed by atoms with Crippen LogP contribution in [-0.2, 0) is 0 Å². The second kappa shape index (κ2) is 5.88. The first-order valence-corrected chi connectivity index (χ1v) is 7.38. The lowest BCUT2D eigenvalue weighted by Crippen LogP contribution is -2.15. The van der Waals surface area contributed by atoms with Gasteiger partial charge in [0, 0.05) is 18.5 Å². The van der Waals surface area contributed by atoms with Crippen LogP contribution in [-0.4, -0.2) is 38.0 Å². The molecule has 0 bridgehead atoms. The van der Waals surface area contributed by atoms with E-state index in [1.54, 1.807) is 6.33 Å². The predicted octanol–water partition coefficient (Wildman–Crippen LogP) is 2.43. The highest BCUT2D eigenvalue weighted by Crippen LogP contribution is 2.15. The van der Waals surface area contributed by atoms with Crippen LogP contribution in [0.15, 0.2) is 49.1 Å². The van der Waals surface area contributed by atoms with Crippen molar-refractivity contribution in [2.24, 2.45) is 0 Å². The SMILES string of the molecule is c1ccc2nc(NCCNc3ncnc4nc[nH]c34)ccc2c1. The van der Waals surface area contributed by atoms with Crippen LogP contribution in [0.3, 0.4) is 0 Å². The molecular formula is C16H15N7. The number of H-pyrrole nitrogens is 1. The van der Waals surface area contributed by atoms with Crippen molar-refractivity contribution in [3.8, 4) is 0 Å². The molecule has 7 heteroatoms. The summed E-state index contributed by atoms with van der Waals surface area (Å²) in [5.41, 5.74) is 2.46. The zero-order valence-electron chi connectivity index (χ0n) is 12.3. The van der Waals surface area contributed by atoms with E-state index in [2.05, 4.69) is 47.7 Å². The molecule has 1 aromatic carbocycles. The van der Waals surface area contributed by atoms with E-state index in [1.807, 2.05) is 24.3 Å². The third-order valence-corrected chi connectivity index (χ3v) is 3.54. The number of imidazole rings is 1. The molecule has 0 radical (unpaired) electrons. The topological polar surface area (TPSA) is 91.4 Å². The second-order valence-corrected chi connectivity index (χ2v) is 5.07. The lowest BCUT2D eigenvalue weighted by Gasteiger charge is -2.08. The zero-order chi connectivity index (χ0) is 15.5. The maximum absolute atomic E-state index is 4.58. The average molecular weight is 305 g/mol. The molecular weight excluding hydrogens is 290 g/mol. The number of pyridine rings is 1. The van der Waals surface area contributed by atoms with Crippen molar-refractivity contribution in [2.75, 3.05) is 23.7 Å². The van der Waals surface area contributed by atoms with Gasteiger partial charge in [0.25, 0.3) is 0 Å². The van der Waals surface area contributed by atoms with E-state index in [4.69, 9.17) is 0 Å². The lowest BCUT2D eigenvalue weighted by atomic mass is 10.2. The van der Waals surface area contributed by atoms with Gasteiger partial charge in [-0.05, 0) is 18.2 Å². The van der Waals surface area contributed by atoms with E-state index >= 15 is 0 Å². The Bertz CT molecular complexity index is 947. The molecule has 0 aliphatic rings. The minimum Gasteiger partial charge on any atom is -0.368 e. The number of nitrogens with one attached hydrogen (secondary N) is 3. The van der Waals surface area contributed by atoms with Crippen molar-refractivity contribution < 1.29 is 0 Å². The van der Waals surface area contributed by atoms with Crippen LogP contribution in [0.25, 0.3) is 22.1 Å². The van der Waals surface area contributed by atoms with Crippen LogP contribution >= 0.6 is 0 Å². The fraction of sp³-hybridized carbons (Fsp3) is 0.125. The van der Waals surface area contributed by atoms with Gasteiger partial charge in [0.15, 0.2) is 11.5 Å². The van der Waals surface area contributed by atoms with Crippen LogP contribution < -0.4 is 10.6 Å². The molecule has 3 aromatic heterocycles. The molecule has 0 aliphatic carbocycles. The fourth-order valence-electron chi connectivity index (χ4n) is 2.44. The van der Waals surface area contributed by atoms with E-state index in [9.17, 15) is 0 Å². The van der Waals surface area contributed by atoms with Crippen molar-refractivity contribution >= 4 is 33.7 Å². The van der Waals surface area contributed by atoms with Gasteiger partial charge in [0.05, 0.1) is 11.8 Å². The standard InChI is InChI=1S/C16H15N7/c1-2-4-12-11(3-1)5-6-13(23-12)17-7-8-18-15-14-16(20-9-19-14)22-10-21-15/h1-6,9-10H,7-8H2,(H,17,23)(H2,18,19,20,21,22). The molecule has 0 saturated carbocycles. The van der Waals surface area contributed by atoms with Gasteiger partial charge in [0.1, 0.15) is 17.7 Å². The summed E-state index contributed by atoms with van der Waals surface area (Å²) >= 11 is 0. The monoisotopic (exact) mass is 305 g/mol. The molecule has 114 valence electrons. The first-order chi connectivity index (χ1) is 11.4. The Morgan fingerprint density at radius 1 is 0.913 bits per heavy atom. The quantitative estimate of drug-likeness (QED) is 0.490. The van der Waals surface area contributed by atoms with Crippen LogP contribution in [0.2, 0.25) is 0 Å². The van der Waals surface area contributed by atoms with Crippen LogP contribution in [0, 0.1) is 0 Å². The molecule has 0 amide bonds. The van der Waals surface area contributed by atoms with Gasteiger partial charge < -0.3 is 15.6 Å². The summed E-state index contributed by atoms with van der Waals surface area (Å²) < 4.78 is 0. The number of anilines is 2. The average Bonchev–Trinajstić information content (AvgIpc) is 3.08. The number of fused-ring (bicyclic) bond motifs is 2. The molecule has 23 heavy (non-hydrogen) atoms. The van der Waals surface area contributed by atoms with E-state index in [0.29, 0.717) is 12.2 Å². The molecule has 3 N–H and O–H groups in total. The van der Waals surface area contributed by atoms with Crippen molar-refractivity contribution in [2.45, 2.75) is 0 Å². The van der Waals surface area contributed by atoms with E-state index < -0.39 is 0 Å². The molecule has 4 aromatic rings. The largest absolute Gasteiger partial charge is 0.368 e. The van der Waals surface area contributed by atoms with E-state index in [-0.39, 0.29) is 0 Å². The molecule has 0 atom stereocenters. The molecule has 0 saturated heterocycles. The number of hydrogen-bond donors (Lipinski definition) is 3. The van der Waals surface area contributed by atoms with Crippen molar-refractivity contribution in [1.29, 1.82) is 0 Å². The van der Waals surface area contributed by atoms with Crippen LogP contribution in [0.1, 0.15) is 0 Å². The highest BCUT2D eigenvalue weighted by molar-refractivity contribution is 5.82. The van der Waals surface area contributed by atoms with E-state index in [1.165, 1.54) is 6.33 Å². The first-order valence-electron chi connectivity index (χ1n) is 7.38. The van der Waals surface area contributed by atoms with Gasteiger partial charge in [-0.3, -0.25) is 0 Å². The Morgan fingerprint density at radius 2 is 1.83 bits per heavy atom. The Labute approximate surface area is 132 Å². The number of aromatic amines is 1. The summed E-state index contributed by atoms with van der Waals surface area (Å²) in [6, 6.07) is 12.1. The molecule has 4 rings (SSSR count). The maximum atomic E-state index is 4.58. The van der Waals surface area contributed by atoms with Crippen molar-refractivity contribution in [3.63, 3.8) is 0 Å². The molecule has 0 aliphatic heterocycles. The highest BCUT2D eigenvalue weighted by Gasteiger charge is 2.04. The van der Waals surface area contributed by atoms with Gasteiger partial charge in [-0.15, -0.1) is 0 Å². The predicted molar refractivity (Wildman–Crippen MR) is 90.4 cm³/mol. The third-order valence-electron chi connectivity index (χ3n) is 3.54. The number of benzene rings is 1. The summed E-state index contributed by atoms with van der Waals surface area (Å²) in [7, 11) is 0. The first kappa shape index (κ1) is 13.4. The number of hydrogen-bond acceptors (Lipinski definition) is 6. The number of para-hydroxylation sites is 1. The summed E-state index contributed by atoms with van der Waals surface area (Å²) in [4.78, 5) is 20.0. The Balaban J connectivity index is 1.38. The number of aromatic nitrogens is 5. The van der Waals surface area contributed by atoms with Gasteiger partial charge in [0.2, 0.25) is 0 Å². The zero-order valence-corrected chi connectivity index (χ0v) is 12.3.